The van der Waals surface area contributed by atoms with Gasteiger partial charge in [0.15, 0.2) is 5.69 Å². The summed E-state index contributed by atoms with van der Waals surface area (Å²) in [7, 11) is 0. The van der Waals surface area contributed by atoms with Gasteiger partial charge in [0.1, 0.15) is 5.82 Å². The van der Waals surface area contributed by atoms with E-state index in [1.54, 1.807) is 6.07 Å². The Morgan fingerprint density at radius 1 is 1.07 bits per heavy atom. The van der Waals surface area contributed by atoms with Gasteiger partial charge in [0, 0.05) is 38.4 Å². The van der Waals surface area contributed by atoms with Crippen LogP contribution in [-0.4, -0.2) is 66.9 Å². The maximum Gasteiger partial charge on any atom is 0.278 e. The molecular weight excluding hydrogens is 342 g/mol. The molecule has 142 valence electrons. The van der Waals surface area contributed by atoms with Gasteiger partial charge in [0.25, 0.3) is 5.91 Å². The molecular formula is C20H25N5O2. The maximum atomic E-state index is 12.9. The van der Waals surface area contributed by atoms with Crippen molar-refractivity contribution in [3.05, 3.63) is 47.7 Å². The number of amides is 1. The maximum absolute atomic E-state index is 12.9. The second-order valence-corrected chi connectivity index (χ2v) is 6.87. The number of para-hydroxylation sites is 1. The van der Waals surface area contributed by atoms with Gasteiger partial charge in [-0.25, -0.2) is 0 Å². The largest absolute Gasteiger partial charge is 0.379 e. The van der Waals surface area contributed by atoms with E-state index in [-0.39, 0.29) is 5.91 Å². The van der Waals surface area contributed by atoms with Crippen molar-refractivity contribution < 1.29 is 9.53 Å². The van der Waals surface area contributed by atoms with Crippen LogP contribution >= 0.6 is 0 Å². The van der Waals surface area contributed by atoms with E-state index in [9.17, 15) is 4.79 Å². The Labute approximate surface area is 159 Å². The number of anilines is 2. The number of carbonyl (C=O) groups is 1. The number of hydrogen-bond acceptors (Lipinski definition) is 6. The average Bonchev–Trinajstić information content (AvgIpc) is 2.74. The number of ether oxygens (including phenoxy) is 1. The van der Waals surface area contributed by atoms with Crippen LogP contribution in [0.3, 0.4) is 0 Å². The number of aromatic nitrogens is 2. The van der Waals surface area contributed by atoms with Crippen molar-refractivity contribution in [2.45, 2.75) is 12.8 Å². The molecule has 0 unspecified atom stereocenters. The van der Waals surface area contributed by atoms with E-state index >= 15 is 0 Å². The van der Waals surface area contributed by atoms with Crippen molar-refractivity contribution >= 4 is 17.4 Å². The molecule has 0 spiro atoms. The minimum Gasteiger partial charge on any atom is -0.379 e. The number of nitrogens with one attached hydrogen (secondary N) is 1. The number of rotatable bonds is 5. The van der Waals surface area contributed by atoms with Gasteiger partial charge < -0.3 is 15.0 Å². The second kappa shape index (κ2) is 8.45. The first kappa shape index (κ1) is 17.9. The number of morpholine rings is 1. The van der Waals surface area contributed by atoms with E-state index < -0.39 is 0 Å². The van der Waals surface area contributed by atoms with Gasteiger partial charge in [0.2, 0.25) is 0 Å². The molecule has 0 saturated carbocycles. The smallest absolute Gasteiger partial charge is 0.278 e. The zero-order chi connectivity index (χ0) is 18.5. The Bertz CT molecular complexity index is 774. The van der Waals surface area contributed by atoms with E-state index in [1.165, 1.54) is 5.56 Å². The summed E-state index contributed by atoms with van der Waals surface area (Å²) in [5, 5.41) is 11.6. The number of fused-ring (bicyclic) bond motifs is 1. The lowest BCUT2D eigenvalue weighted by atomic mass is 10.0. The van der Waals surface area contributed by atoms with Gasteiger partial charge in [-0.2, -0.15) is 0 Å². The Balaban J connectivity index is 1.35. The lowest BCUT2D eigenvalue weighted by Crippen LogP contribution is -2.39. The number of carbonyl (C=O) groups excluding carboxylic acids is 1. The van der Waals surface area contributed by atoms with Crippen LogP contribution in [0.4, 0.5) is 11.5 Å². The Hall–Kier alpha value is -2.51. The molecule has 0 aliphatic carbocycles. The summed E-state index contributed by atoms with van der Waals surface area (Å²) in [5.74, 6) is 0.605. The standard InChI is InChI=1S/C20H25N5O2/c26-20(25-10-3-5-16-4-1-2-6-18(16)25)17-7-8-19(23-22-17)21-9-11-24-12-14-27-15-13-24/h1-2,4,6-8H,3,5,9-15H2,(H,21,23). The number of benzene rings is 1. The molecule has 7 nitrogen and oxygen atoms in total. The molecule has 0 bridgehead atoms. The van der Waals surface area contributed by atoms with Crippen LogP contribution in [0.25, 0.3) is 0 Å². The molecule has 2 aromatic rings. The Kier molecular flexibility index (Phi) is 5.60. The fraction of sp³-hybridized carbons (Fsp3) is 0.450. The minimum absolute atomic E-state index is 0.0884. The highest BCUT2D eigenvalue weighted by atomic mass is 16.5. The molecule has 1 aromatic carbocycles. The molecule has 1 N–H and O–H groups in total. The molecule has 0 atom stereocenters. The molecule has 27 heavy (non-hydrogen) atoms. The number of aryl methyl sites for hydroxylation is 1. The zero-order valence-corrected chi connectivity index (χ0v) is 15.4. The first-order chi connectivity index (χ1) is 13.3. The van der Waals surface area contributed by atoms with E-state index in [1.807, 2.05) is 29.2 Å². The van der Waals surface area contributed by atoms with E-state index in [0.29, 0.717) is 11.5 Å². The van der Waals surface area contributed by atoms with Gasteiger partial charge in [-0.05, 0) is 36.6 Å². The van der Waals surface area contributed by atoms with Crippen molar-refractivity contribution in [3.8, 4) is 0 Å². The third-order valence-electron chi connectivity index (χ3n) is 5.08. The Morgan fingerprint density at radius 2 is 1.93 bits per heavy atom. The van der Waals surface area contributed by atoms with Crippen LogP contribution in [0.2, 0.25) is 0 Å². The SMILES string of the molecule is O=C(c1ccc(NCCN2CCOCC2)nn1)N1CCCc2ccccc21. The third-order valence-corrected chi connectivity index (χ3v) is 5.08. The summed E-state index contributed by atoms with van der Waals surface area (Å²) in [5.41, 5.74) is 2.58. The van der Waals surface area contributed by atoms with Gasteiger partial charge in [-0.1, -0.05) is 18.2 Å². The lowest BCUT2D eigenvalue weighted by Gasteiger charge is -2.29. The molecule has 2 aliphatic heterocycles. The van der Waals surface area contributed by atoms with Crippen LogP contribution in [0.5, 0.6) is 0 Å². The first-order valence-electron chi connectivity index (χ1n) is 9.59. The van der Waals surface area contributed by atoms with Crippen molar-refractivity contribution in [1.29, 1.82) is 0 Å². The van der Waals surface area contributed by atoms with Gasteiger partial charge in [-0.3, -0.25) is 9.69 Å². The Morgan fingerprint density at radius 3 is 2.74 bits per heavy atom. The van der Waals surface area contributed by atoms with Crippen molar-refractivity contribution in [3.63, 3.8) is 0 Å². The summed E-state index contributed by atoms with van der Waals surface area (Å²) in [6, 6.07) is 11.7. The summed E-state index contributed by atoms with van der Waals surface area (Å²) in [4.78, 5) is 17.0. The van der Waals surface area contributed by atoms with Gasteiger partial charge in [0.05, 0.1) is 13.2 Å². The van der Waals surface area contributed by atoms with Crippen molar-refractivity contribution in [2.24, 2.45) is 0 Å². The quantitative estimate of drug-likeness (QED) is 0.869. The summed E-state index contributed by atoms with van der Waals surface area (Å²) in [6.07, 6.45) is 1.98. The molecule has 3 heterocycles. The monoisotopic (exact) mass is 367 g/mol. The molecule has 7 heteroatoms. The van der Waals surface area contributed by atoms with Crippen LogP contribution < -0.4 is 10.2 Å². The van der Waals surface area contributed by atoms with Gasteiger partial charge in [-0.15, -0.1) is 10.2 Å². The first-order valence-corrected chi connectivity index (χ1v) is 9.59. The predicted molar refractivity (Wildman–Crippen MR) is 104 cm³/mol. The fourth-order valence-corrected chi connectivity index (χ4v) is 3.59. The average molecular weight is 367 g/mol. The number of nitrogens with zero attached hydrogens (tertiary/aromatic N) is 4. The normalized spacial score (nSPS) is 17.4. The second-order valence-electron chi connectivity index (χ2n) is 6.87. The molecule has 1 saturated heterocycles. The fourth-order valence-electron chi connectivity index (χ4n) is 3.59. The highest BCUT2D eigenvalue weighted by Gasteiger charge is 2.24. The van der Waals surface area contributed by atoms with Crippen LogP contribution in [0.1, 0.15) is 22.5 Å². The third kappa shape index (κ3) is 4.26. The van der Waals surface area contributed by atoms with Gasteiger partial charge >= 0.3 is 0 Å². The van der Waals surface area contributed by atoms with Crippen molar-refractivity contribution in [1.82, 2.24) is 15.1 Å². The summed E-state index contributed by atoms with van der Waals surface area (Å²) in [6.45, 7) is 6.00. The molecule has 1 aromatic heterocycles. The lowest BCUT2D eigenvalue weighted by molar-refractivity contribution is 0.0398. The number of hydrogen-bond donors (Lipinski definition) is 1. The van der Waals surface area contributed by atoms with Crippen LogP contribution in [0.15, 0.2) is 36.4 Å². The molecule has 2 aliphatic rings. The highest BCUT2D eigenvalue weighted by Crippen LogP contribution is 2.27. The van der Waals surface area contributed by atoms with Crippen LogP contribution in [0, 0.1) is 0 Å². The van der Waals surface area contributed by atoms with Crippen LogP contribution in [-0.2, 0) is 11.2 Å². The van der Waals surface area contributed by atoms with E-state index in [0.717, 1.165) is 64.5 Å². The molecule has 0 radical (unpaired) electrons. The summed E-state index contributed by atoms with van der Waals surface area (Å²) >= 11 is 0. The predicted octanol–water partition coefficient (Wildman–Crippen LogP) is 1.81. The molecule has 1 amide bonds. The summed E-state index contributed by atoms with van der Waals surface area (Å²) < 4.78 is 5.35. The minimum atomic E-state index is -0.0884. The van der Waals surface area contributed by atoms with E-state index in [2.05, 4.69) is 26.5 Å². The molecule has 1 fully saturated rings. The highest BCUT2D eigenvalue weighted by molar-refractivity contribution is 6.05. The molecule has 4 rings (SSSR count). The zero-order valence-electron chi connectivity index (χ0n) is 15.4. The topological polar surface area (TPSA) is 70.6 Å². The van der Waals surface area contributed by atoms with E-state index in [4.69, 9.17) is 4.74 Å². The van der Waals surface area contributed by atoms with Crippen molar-refractivity contribution in [2.75, 3.05) is 56.2 Å².